The minimum Gasteiger partial charge on any atom is -0.348 e. The minimum absolute atomic E-state index is 0.0259. The number of halogens is 1. The van der Waals surface area contributed by atoms with Crippen LogP contribution in [0.15, 0.2) is 47.3 Å². The number of nitrogens with zero attached hydrogens (tertiary/aromatic N) is 5. The molecule has 8 nitrogen and oxygen atoms in total. The highest BCUT2D eigenvalue weighted by Crippen LogP contribution is 2.18. The molecule has 0 aliphatic carbocycles. The second-order valence-corrected chi connectivity index (χ2v) is 8.18. The van der Waals surface area contributed by atoms with Gasteiger partial charge in [-0.05, 0) is 56.4 Å². The van der Waals surface area contributed by atoms with Gasteiger partial charge in [-0.25, -0.2) is 4.52 Å². The van der Waals surface area contributed by atoms with E-state index in [-0.39, 0.29) is 17.0 Å². The lowest BCUT2D eigenvalue weighted by Gasteiger charge is -2.12. The number of hydrogen-bond acceptors (Lipinski definition) is 5. The van der Waals surface area contributed by atoms with Crippen LogP contribution in [0.1, 0.15) is 21.7 Å². The Morgan fingerprint density at radius 2 is 1.87 bits per heavy atom. The predicted octanol–water partition coefficient (Wildman–Crippen LogP) is 2.35. The molecular formula is C22H23ClN6O2. The molecular weight excluding hydrogens is 416 g/mol. The summed E-state index contributed by atoms with van der Waals surface area (Å²) < 4.78 is 3.11. The second kappa shape index (κ2) is 8.49. The molecule has 0 bridgehead atoms. The molecule has 1 N–H and O–H groups in total. The third-order valence-electron chi connectivity index (χ3n) is 5.00. The molecule has 4 rings (SSSR count). The Bertz CT molecular complexity index is 1320. The third-order valence-corrected chi connectivity index (χ3v) is 5.25. The molecule has 0 atom stereocenters. The number of rotatable bonds is 6. The van der Waals surface area contributed by atoms with E-state index in [1.54, 1.807) is 16.7 Å². The van der Waals surface area contributed by atoms with Crippen molar-refractivity contribution in [3.63, 3.8) is 0 Å². The average Bonchev–Trinajstić information content (AvgIpc) is 3.18. The summed E-state index contributed by atoms with van der Waals surface area (Å²) in [5.74, 6) is -0.434. The van der Waals surface area contributed by atoms with E-state index in [9.17, 15) is 9.59 Å². The number of amides is 1. The minimum atomic E-state index is -0.408. The predicted molar refractivity (Wildman–Crippen MR) is 121 cm³/mol. The maximum absolute atomic E-state index is 13.3. The highest BCUT2D eigenvalue weighted by atomic mass is 35.5. The van der Waals surface area contributed by atoms with Crippen molar-refractivity contribution in [1.82, 2.24) is 29.4 Å². The molecule has 1 amide bonds. The highest BCUT2D eigenvalue weighted by molar-refractivity contribution is 6.30. The Morgan fingerprint density at radius 1 is 1.13 bits per heavy atom. The van der Waals surface area contributed by atoms with Crippen LogP contribution in [0.5, 0.6) is 0 Å². The summed E-state index contributed by atoms with van der Waals surface area (Å²) in [6, 6.07) is 13.1. The molecule has 31 heavy (non-hydrogen) atoms. The zero-order chi connectivity index (χ0) is 22.1. The van der Waals surface area contributed by atoms with Gasteiger partial charge >= 0.3 is 0 Å². The summed E-state index contributed by atoms with van der Waals surface area (Å²) in [6.07, 6.45) is 0. The average molecular weight is 439 g/mol. The van der Waals surface area contributed by atoms with E-state index in [0.717, 1.165) is 16.6 Å². The van der Waals surface area contributed by atoms with Gasteiger partial charge < -0.3 is 10.2 Å². The van der Waals surface area contributed by atoms with E-state index in [1.165, 1.54) is 4.52 Å². The number of benzene rings is 2. The molecule has 0 aliphatic heterocycles. The first-order valence-electron chi connectivity index (χ1n) is 9.91. The second-order valence-electron chi connectivity index (χ2n) is 7.74. The lowest BCUT2D eigenvalue weighted by atomic mass is 10.2. The Morgan fingerprint density at radius 3 is 2.58 bits per heavy atom. The molecule has 160 valence electrons. The fraction of sp³-hybridized carbons (Fsp3) is 0.273. The SMILES string of the molecule is Cc1ccc2c(c1)n(Cc1ccc(Cl)cc1)c(=O)c1nc(C(=O)NCCN(C)C)nn12. The molecule has 2 aromatic carbocycles. The number of aryl methyl sites for hydroxylation is 1. The molecule has 0 saturated carbocycles. The van der Waals surface area contributed by atoms with Crippen molar-refractivity contribution in [2.45, 2.75) is 13.5 Å². The third kappa shape index (κ3) is 4.30. The fourth-order valence-corrected chi connectivity index (χ4v) is 3.50. The lowest BCUT2D eigenvalue weighted by molar-refractivity contribution is 0.0941. The van der Waals surface area contributed by atoms with E-state index in [1.807, 2.05) is 56.3 Å². The van der Waals surface area contributed by atoms with E-state index in [4.69, 9.17) is 11.6 Å². The fourth-order valence-electron chi connectivity index (χ4n) is 3.38. The zero-order valence-corrected chi connectivity index (χ0v) is 18.3. The number of hydrogen-bond donors (Lipinski definition) is 1. The van der Waals surface area contributed by atoms with Gasteiger partial charge in [-0.1, -0.05) is 29.8 Å². The molecule has 2 heterocycles. The van der Waals surface area contributed by atoms with Crippen molar-refractivity contribution in [3.8, 4) is 0 Å². The van der Waals surface area contributed by atoms with E-state index >= 15 is 0 Å². The van der Waals surface area contributed by atoms with Gasteiger partial charge in [0.1, 0.15) is 0 Å². The maximum atomic E-state index is 13.3. The molecule has 4 aromatic rings. The largest absolute Gasteiger partial charge is 0.348 e. The number of nitrogens with one attached hydrogen (secondary N) is 1. The van der Waals surface area contributed by atoms with Gasteiger partial charge in [0.05, 0.1) is 17.6 Å². The van der Waals surface area contributed by atoms with Crippen molar-refractivity contribution < 1.29 is 4.79 Å². The summed E-state index contributed by atoms with van der Waals surface area (Å²) in [6.45, 7) is 3.47. The normalized spacial score (nSPS) is 11.5. The number of aromatic nitrogens is 4. The van der Waals surface area contributed by atoms with Crippen molar-refractivity contribution in [3.05, 3.63) is 74.8 Å². The summed E-state index contributed by atoms with van der Waals surface area (Å²) >= 11 is 6.00. The van der Waals surface area contributed by atoms with Gasteiger partial charge in [0.2, 0.25) is 11.5 Å². The Labute approximate surface area is 184 Å². The smallest absolute Gasteiger partial charge is 0.296 e. The van der Waals surface area contributed by atoms with Gasteiger partial charge in [0, 0.05) is 18.1 Å². The molecule has 0 saturated heterocycles. The lowest BCUT2D eigenvalue weighted by Crippen LogP contribution is -2.32. The first-order chi connectivity index (χ1) is 14.8. The van der Waals surface area contributed by atoms with Crippen LogP contribution >= 0.6 is 11.6 Å². The van der Waals surface area contributed by atoms with Gasteiger partial charge in [-0.2, -0.15) is 4.98 Å². The summed E-state index contributed by atoms with van der Waals surface area (Å²) in [5.41, 5.74) is 3.17. The number of likely N-dealkylation sites (N-methyl/N-ethyl adjacent to an activating group) is 1. The monoisotopic (exact) mass is 438 g/mol. The van der Waals surface area contributed by atoms with E-state index < -0.39 is 5.91 Å². The van der Waals surface area contributed by atoms with Crippen molar-refractivity contribution in [2.24, 2.45) is 0 Å². The summed E-state index contributed by atoms with van der Waals surface area (Å²) in [5, 5.41) is 7.76. The standard InChI is InChI=1S/C22H23ClN6O2/c1-14-4-9-17-18(12-14)28(13-15-5-7-16(23)8-6-15)22(31)20-25-19(26-29(17)20)21(30)24-10-11-27(2)3/h4-9,12H,10-11,13H2,1-3H3,(H,24,30). The Balaban J connectivity index is 1.82. The van der Waals surface area contributed by atoms with Crippen LogP contribution in [0.25, 0.3) is 16.7 Å². The van der Waals surface area contributed by atoms with Crippen LogP contribution in [-0.2, 0) is 6.54 Å². The molecule has 9 heteroatoms. The first kappa shape index (κ1) is 21.0. The summed E-state index contributed by atoms with van der Waals surface area (Å²) in [7, 11) is 3.85. The van der Waals surface area contributed by atoms with Crippen molar-refractivity contribution in [2.75, 3.05) is 27.2 Å². The van der Waals surface area contributed by atoms with Gasteiger partial charge in [0.15, 0.2) is 0 Å². The molecule has 0 unspecified atom stereocenters. The van der Waals surface area contributed by atoms with Gasteiger partial charge in [-0.15, -0.1) is 5.10 Å². The van der Waals surface area contributed by atoms with Crippen molar-refractivity contribution >= 4 is 34.2 Å². The molecule has 0 spiro atoms. The topological polar surface area (TPSA) is 84.5 Å². The van der Waals surface area contributed by atoms with E-state index in [0.29, 0.717) is 30.2 Å². The van der Waals surface area contributed by atoms with Gasteiger partial charge in [-0.3, -0.25) is 14.2 Å². The van der Waals surface area contributed by atoms with Crippen LogP contribution in [0, 0.1) is 6.92 Å². The van der Waals surface area contributed by atoms with E-state index in [2.05, 4.69) is 15.4 Å². The van der Waals surface area contributed by atoms with Crippen molar-refractivity contribution in [1.29, 1.82) is 0 Å². The number of carbonyl (C=O) groups is 1. The quantitative estimate of drug-likeness (QED) is 0.499. The van der Waals surface area contributed by atoms with Crippen LogP contribution < -0.4 is 10.9 Å². The van der Waals surface area contributed by atoms with Crippen LogP contribution in [0.4, 0.5) is 0 Å². The summed E-state index contributed by atoms with van der Waals surface area (Å²) in [4.78, 5) is 32.1. The Hall–Kier alpha value is -3.23. The van der Waals surface area contributed by atoms with Gasteiger partial charge in [0.25, 0.3) is 11.5 Å². The van der Waals surface area contributed by atoms with Crippen LogP contribution in [-0.4, -0.2) is 57.2 Å². The highest BCUT2D eigenvalue weighted by Gasteiger charge is 2.19. The first-order valence-corrected chi connectivity index (χ1v) is 10.3. The molecule has 0 radical (unpaired) electrons. The molecule has 2 aromatic heterocycles. The molecule has 0 aliphatic rings. The molecule has 0 fully saturated rings. The number of fused-ring (bicyclic) bond motifs is 3. The number of carbonyl (C=O) groups excluding carboxylic acids is 1. The maximum Gasteiger partial charge on any atom is 0.296 e. The van der Waals surface area contributed by atoms with Crippen LogP contribution in [0.3, 0.4) is 0 Å². The zero-order valence-electron chi connectivity index (χ0n) is 17.6. The Kier molecular flexibility index (Phi) is 5.75. The van der Waals surface area contributed by atoms with Crippen LogP contribution in [0.2, 0.25) is 5.02 Å².